The Bertz CT molecular complexity index is 746. The lowest BCUT2D eigenvalue weighted by Gasteiger charge is -2.16. The minimum atomic E-state index is -0.958. The molecule has 5 heteroatoms. The van der Waals surface area contributed by atoms with Crippen molar-refractivity contribution in [1.29, 1.82) is 0 Å². The first-order valence-corrected chi connectivity index (χ1v) is 8.18. The van der Waals surface area contributed by atoms with Crippen LogP contribution in [-0.4, -0.2) is 24.5 Å². The van der Waals surface area contributed by atoms with Gasteiger partial charge < -0.3 is 10.1 Å². The smallest absolute Gasteiger partial charge is 0.339 e. The first-order chi connectivity index (χ1) is 11.9. The van der Waals surface area contributed by atoms with Gasteiger partial charge in [-0.15, -0.1) is 0 Å². The van der Waals surface area contributed by atoms with Crippen molar-refractivity contribution in [3.8, 4) is 0 Å². The number of esters is 1. The number of hydrogen-bond donors (Lipinski definition) is 1. The van der Waals surface area contributed by atoms with Crippen molar-refractivity contribution in [3.63, 3.8) is 0 Å². The average molecular weight is 343 g/mol. The molecule has 0 aliphatic carbocycles. The van der Waals surface area contributed by atoms with Crippen LogP contribution in [0.3, 0.4) is 0 Å². The molecule has 25 heavy (non-hydrogen) atoms. The van der Waals surface area contributed by atoms with E-state index < -0.39 is 17.9 Å². The minimum absolute atomic E-state index is 0.0837. The number of halogens is 1. The summed E-state index contributed by atoms with van der Waals surface area (Å²) in [6.07, 6.45) is -0.958. The van der Waals surface area contributed by atoms with Gasteiger partial charge in [0.2, 0.25) is 0 Å². The number of amides is 1. The second-order valence-electron chi connectivity index (χ2n) is 6.07. The summed E-state index contributed by atoms with van der Waals surface area (Å²) < 4.78 is 18.6. The number of carbonyl (C=O) groups excluding carboxylic acids is 2. The van der Waals surface area contributed by atoms with Crippen molar-refractivity contribution >= 4 is 11.9 Å². The van der Waals surface area contributed by atoms with Gasteiger partial charge in [0.1, 0.15) is 5.82 Å². The molecule has 1 amide bonds. The molecule has 0 heterocycles. The van der Waals surface area contributed by atoms with Crippen LogP contribution in [0.15, 0.2) is 48.5 Å². The lowest BCUT2D eigenvalue weighted by atomic mass is 10.0. The zero-order valence-electron chi connectivity index (χ0n) is 14.6. The van der Waals surface area contributed by atoms with Crippen LogP contribution in [0.25, 0.3) is 0 Å². The lowest BCUT2D eigenvalue weighted by Crippen LogP contribution is -2.37. The molecule has 0 aliphatic rings. The number of nitrogens with one attached hydrogen (secondary N) is 1. The van der Waals surface area contributed by atoms with Crippen LogP contribution in [0.5, 0.6) is 0 Å². The van der Waals surface area contributed by atoms with Crippen LogP contribution in [0.2, 0.25) is 0 Å². The van der Waals surface area contributed by atoms with E-state index in [-0.39, 0.29) is 17.4 Å². The van der Waals surface area contributed by atoms with Crippen molar-refractivity contribution in [2.75, 3.05) is 6.54 Å². The number of carbonyl (C=O) groups is 2. The normalized spacial score (nSPS) is 13.0. The molecule has 4 nitrogen and oxygen atoms in total. The van der Waals surface area contributed by atoms with Crippen LogP contribution in [0, 0.1) is 12.7 Å². The van der Waals surface area contributed by atoms with E-state index in [1.165, 1.54) is 19.1 Å². The van der Waals surface area contributed by atoms with Gasteiger partial charge in [0.15, 0.2) is 6.10 Å². The molecule has 0 aliphatic heterocycles. The monoisotopic (exact) mass is 343 g/mol. The molecule has 0 unspecified atom stereocenters. The summed E-state index contributed by atoms with van der Waals surface area (Å²) in [5.41, 5.74) is 1.64. The summed E-state index contributed by atoms with van der Waals surface area (Å²) >= 11 is 0. The molecule has 0 saturated heterocycles. The SMILES string of the molecule is Cc1ccc(C(=O)O[C@H](C)C(=O)NC[C@@H](C)c2ccccc2)cc1F. The van der Waals surface area contributed by atoms with E-state index >= 15 is 0 Å². The molecule has 0 aromatic heterocycles. The maximum Gasteiger partial charge on any atom is 0.339 e. The van der Waals surface area contributed by atoms with Gasteiger partial charge in [0.25, 0.3) is 5.91 Å². The zero-order chi connectivity index (χ0) is 18.4. The standard InChI is InChI=1S/C20H22FNO3/c1-13-9-10-17(11-18(13)21)20(24)25-15(3)19(23)22-12-14(2)16-7-5-4-6-8-16/h4-11,14-15H,12H2,1-3H3,(H,22,23)/t14-,15-/m1/s1. The Kier molecular flexibility index (Phi) is 6.28. The van der Waals surface area contributed by atoms with Crippen LogP contribution in [0.1, 0.15) is 41.3 Å². The number of hydrogen-bond acceptors (Lipinski definition) is 3. The topological polar surface area (TPSA) is 55.4 Å². The molecule has 1 N–H and O–H groups in total. The molecule has 0 bridgehead atoms. The van der Waals surface area contributed by atoms with E-state index in [4.69, 9.17) is 4.74 Å². The van der Waals surface area contributed by atoms with Gasteiger partial charge in [0.05, 0.1) is 5.56 Å². The van der Waals surface area contributed by atoms with Crippen LogP contribution in [0.4, 0.5) is 4.39 Å². The summed E-state index contributed by atoms with van der Waals surface area (Å²) in [7, 11) is 0. The predicted octanol–water partition coefficient (Wildman–Crippen LogP) is 3.60. The highest BCUT2D eigenvalue weighted by Gasteiger charge is 2.20. The largest absolute Gasteiger partial charge is 0.449 e. The summed E-state index contributed by atoms with van der Waals surface area (Å²) in [6, 6.07) is 13.9. The predicted molar refractivity (Wildman–Crippen MR) is 93.9 cm³/mol. The van der Waals surface area contributed by atoms with E-state index in [0.717, 1.165) is 11.6 Å². The van der Waals surface area contributed by atoms with Crippen LogP contribution >= 0.6 is 0 Å². The molecule has 132 valence electrons. The van der Waals surface area contributed by atoms with E-state index in [1.54, 1.807) is 6.92 Å². The van der Waals surface area contributed by atoms with Crippen molar-refractivity contribution in [3.05, 3.63) is 71.0 Å². The van der Waals surface area contributed by atoms with Gasteiger partial charge in [-0.05, 0) is 43.0 Å². The van der Waals surface area contributed by atoms with Gasteiger partial charge in [-0.1, -0.05) is 43.3 Å². The number of aryl methyl sites for hydroxylation is 1. The van der Waals surface area contributed by atoms with Gasteiger partial charge >= 0.3 is 5.97 Å². The maximum absolute atomic E-state index is 13.5. The molecule has 2 aromatic rings. The fraction of sp³-hybridized carbons (Fsp3) is 0.300. The molecule has 0 spiro atoms. The fourth-order valence-corrected chi connectivity index (χ4v) is 2.30. The molecule has 2 aromatic carbocycles. The quantitative estimate of drug-likeness (QED) is 0.816. The minimum Gasteiger partial charge on any atom is -0.449 e. The Morgan fingerprint density at radius 3 is 2.44 bits per heavy atom. The molecule has 0 radical (unpaired) electrons. The molecular formula is C20H22FNO3. The Hall–Kier alpha value is -2.69. The Morgan fingerprint density at radius 2 is 1.80 bits per heavy atom. The second-order valence-corrected chi connectivity index (χ2v) is 6.07. The van der Waals surface area contributed by atoms with Gasteiger partial charge in [-0.2, -0.15) is 0 Å². The van der Waals surface area contributed by atoms with E-state index in [9.17, 15) is 14.0 Å². The van der Waals surface area contributed by atoms with Crippen molar-refractivity contribution < 1.29 is 18.7 Å². The second kappa shape index (κ2) is 8.42. The van der Waals surface area contributed by atoms with Gasteiger partial charge in [-0.3, -0.25) is 4.79 Å². The molecular weight excluding hydrogens is 321 g/mol. The number of ether oxygens (including phenoxy) is 1. The van der Waals surface area contributed by atoms with Crippen LogP contribution in [-0.2, 0) is 9.53 Å². The number of benzene rings is 2. The van der Waals surface area contributed by atoms with Crippen molar-refractivity contribution in [2.24, 2.45) is 0 Å². The van der Waals surface area contributed by atoms with Crippen molar-refractivity contribution in [1.82, 2.24) is 5.32 Å². The maximum atomic E-state index is 13.5. The summed E-state index contributed by atoms with van der Waals surface area (Å²) in [6.45, 7) is 5.53. The average Bonchev–Trinajstić information content (AvgIpc) is 2.62. The zero-order valence-corrected chi connectivity index (χ0v) is 14.6. The molecule has 0 saturated carbocycles. The highest BCUT2D eigenvalue weighted by Crippen LogP contribution is 2.14. The highest BCUT2D eigenvalue weighted by atomic mass is 19.1. The fourth-order valence-electron chi connectivity index (χ4n) is 2.30. The molecule has 0 fully saturated rings. The summed E-state index contributed by atoms with van der Waals surface area (Å²) in [4.78, 5) is 24.1. The van der Waals surface area contributed by atoms with Crippen molar-refractivity contribution in [2.45, 2.75) is 32.8 Å². The van der Waals surface area contributed by atoms with E-state index in [0.29, 0.717) is 12.1 Å². The Labute approximate surface area is 147 Å². The van der Waals surface area contributed by atoms with Gasteiger partial charge in [-0.25, -0.2) is 9.18 Å². The van der Waals surface area contributed by atoms with Crippen LogP contribution < -0.4 is 5.32 Å². The molecule has 2 rings (SSSR count). The first kappa shape index (κ1) is 18.6. The Morgan fingerprint density at radius 1 is 1.12 bits per heavy atom. The third-order valence-corrected chi connectivity index (χ3v) is 4.01. The van der Waals surface area contributed by atoms with E-state index in [1.807, 2.05) is 37.3 Å². The molecule has 2 atom stereocenters. The first-order valence-electron chi connectivity index (χ1n) is 8.18. The van der Waals surface area contributed by atoms with Gasteiger partial charge in [0, 0.05) is 6.54 Å². The third kappa shape index (κ3) is 5.14. The summed E-state index contributed by atoms with van der Waals surface area (Å²) in [5.74, 6) is -1.45. The van der Waals surface area contributed by atoms with E-state index in [2.05, 4.69) is 5.32 Å². The third-order valence-electron chi connectivity index (χ3n) is 4.01. The lowest BCUT2D eigenvalue weighted by molar-refractivity contribution is -0.129. The summed E-state index contributed by atoms with van der Waals surface area (Å²) in [5, 5.41) is 2.77. The Balaban J connectivity index is 1.87. The number of rotatable bonds is 6. The highest BCUT2D eigenvalue weighted by molar-refractivity contribution is 5.92.